The van der Waals surface area contributed by atoms with Crippen LogP contribution in [0.15, 0.2) is 30.3 Å². The minimum Gasteiger partial charge on any atom is -0.350 e. The molecule has 0 aliphatic heterocycles. The van der Waals surface area contributed by atoms with Gasteiger partial charge in [0, 0.05) is 17.7 Å². The number of thiazole rings is 1. The van der Waals surface area contributed by atoms with Gasteiger partial charge in [0.1, 0.15) is 5.01 Å². The number of hydrogen-bond acceptors (Lipinski definition) is 3. The van der Waals surface area contributed by atoms with Gasteiger partial charge in [0.05, 0.1) is 12.2 Å². The average Bonchev–Trinajstić information content (AvgIpc) is 2.76. The van der Waals surface area contributed by atoms with Crippen LogP contribution in [0, 0.1) is 12.3 Å². The molecule has 118 valence electrons. The summed E-state index contributed by atoms with van der Waals surface area (Å²) < 4.78 is 0. The monoisotopic (exact) mass is 316 g/mol. The van der Waals surface area contributed by atoms with E-state index >= 15 is 0 Å². The fourth-order valence-corrected chi connectivity index (χ4v) is 3.27. The standard InChI is InChI=1S/C18H24N2OS/c1-13-15(10-14-8-6-5-7-9-14)22-17(20-13)12-19-16(21)11-18(2,3)4/h5-9H,10-12H2,1-4H3,(H,19,21). The molecule has 0 saturated carbocycles. The summed E-state index contributed by atoms with van der Waals surface area (Å²) in [5, 5.41) is 3.95. The normalized spacial score (nSPS) is 11.5. The Morgan fingerprint density at radius 2 is 1.91 bits per heavy atom. The molecule has 1 amide bonds. The smallest absolute Gasteiger partial charge is 0.220 e. The van der Waals surface area contributed by atoms with Crippen LogP contribution in [-0.2, 0) is 17.8 Å². The Bertz CT molecular complexity index is 626. The van der Waals surface area contributed by atoms with Crippen LogP contribution in [0.3, 0.4) is 0 Å². The second-order valence-electron chi connectivity index (χ2n) is 6.79. The number of aryl methyl sites for hydroxylation is 1. The highest BCUT2D eigenvalue weighted by molar-refractivity contribution is 7.11. The quantitative estimate of drug-likeness (QED) is 0.902. The highest BCUT2D eigenvalue weighted by atomic mass is 32.1. The predicted octanol–water partition coefficient (Wildman–Crippen LogP) is 4.09. The van der Waals surface area contributed by atoms with Crippen LogP contribution in [0.5, 0.6) is 0 Å². The molecule has 3 nitrogen and oxygen atoms in total. The van der Waals surface area contributed by atoms with E-state index in [2.05, 4.69) is 55.3 Å². The number of benzene rings is 1. The van der Waals surface area contributed by atoms with E-state index in [0.29, 0.717) is 13.0 Å². The van der Waals surface area contributed by atoms with E-state index in [0.717, 1.165) is 17.1 Å². The lowest BCUT2D eigenvalue weighted by atomic mass is 9.92. The molecule has 1 aromatic heterocycles. The Morgan fingerprint density at radius 3 is 2.55 bits per heavy atom. The zero-order valence-electron chi connectivity index (χ0n) is 13.8. The van der Waals surface area contributed by atoms with Crippen LogP contribution in [0.1, 0.15) is 48.3 Å². The van der Waals surface area contributed by atoms with Gasteiger partial charge in [-0.1, -0.05) is 51.1 Å². The largest absolute Gasteiger partial charge is 0.350 e. The summed E-state index contributed by atoms with van der Waals surface area (Å²) in [4.78, 5) is 17.7. The third-order valence-electron chi connectivity index (χ3n) is 3.27. The van der Waals surface area contributed by atoms with Gasteiger partial charge in [-0.25, -0.2) is 4.98 Å². The SMILES string of the molecule is Cc1nc(CNC(=O)CC(C)(C)C)sc1Cc1ccccc1. The van der Waals surface area contributed by atoms with Gasteiger partial charge in [0.15, 0.2) is 0 Å². The van der Waals surface area contributed by atoms with Gasteiger partial charge in [-0.2, -0.15) is 0 Å². The second kappa shape index (κ2) is 7.05. The maximum Gasteiger partial charge on any atom is 0.220 e. The summed E-state index contributed by atoms with van der Waals surface area (Å²) in [5.74, 6) is 0.0879. The van der Waals surface area contributed by atoms with E-state index in [1.165, 1.54) is 10.4 Å². The molecule has 0 radical (unpaired) electrons. The lowest BCUT2D eigenvalue weighted by molar-refractivity contribution is -0.122. The summed E-state index contributed by atoms with van der Waals surface area (Å²) in [7, 11) is 0. The van der Waals surface area contributed by atoms with Crippen molar-refractivity contribution in [1.82, 2.24) is 10.3 Å². The summed E-state index contributed by atoms with van der Waals surface area (Å²) in [5.41, 5.74) is 2.37. The van der Waals surface area contributed by atoms with Crippen molar-refractivity contribution in [2.45, 2.75) is 47.1 Å². The van der Waals surface area contributed by atoms with Crippen LogP contribution in [-0.4, -0.2) is 10.9 Å². The van der Waals surface area contributed by atoms with Crippen LogP contribution in [0.4, 0.5) is 0 Å². The topological polar surface area (TPSA) is 42.0 Å². The molecule has 0 bridgehead atoms. The van der Waals surface area contributed by atoms with Crippen LogP contribution in [0.2, 0.25) is 0 Å². The number of rotatable bonds is 5. The van der Waals surface area contributed by atoms with Crippen molar-refractivity contribution in [3.05, 3.63) is 51.5 Å². The zero-order valence-corrected chi connectivity index (χ0v) is 14.6. The maximum atomic E-state index is 11.9. The summed E-state index contributed by atoms with van der Waals surface area (Å²) in [6.07, 6.45) is 1.44. The van der Waals surface area contributed by atoms with Gasteiger partial charge in [-0.15, -0.1) is 11.3 Å². The van der Waals surface area contributed by atoms with Gasteiger partial charge in [-0.3, -0.25) is 4.79 Å². The molecule has 0 saturated heterocycles. The van der Waals surface area contributed by atoms with Crippen LogP contribution >= 0.6 is 11.3 Å². The number of nitrogens with one attached hydrogen (secondary N) is 1. The minimum absolute atomic E-state index is 0.0152. The van der Waals surface area contributed by atoms with Gasteiger partial charge >= 0.3 is 0 Å². The van der Waals surface area contributed by atoms with Crippen molar-refractivity contribution in [1.29, 1.82) is 0 Å². The van der Waals surface area contributed by atoms with Crippen LogP contribution < -0.4 is 5.32 Å². The number of amides is 1. The second-order valence-corrected chi connectivity index (χ2v) is 7.96. The first-order valence-corrected chi connectivity index (χ1v) is 8.41. The first kappa shape index (κ1) is 16.7. The maximum absolute atomic E-state index is 11.9. The third kappa shape index (κ3) is 5.26. The first-order valence-electron chi connectivity index (χ1n) is 7.59. The third-order valence-corrected chi connectivity index (χ3v) is 4.43. The van der Waals surface area contributed by atoms with E-state index in [1.54, 1.807) is 11.3 Å². The molecule has 2 rings (SSSR count). The van der Waals surface area contributed by atoms with Crippen molar-refractivity contribution in [2.75, 3.05) is 0 Å². The number of carbonyl (C=O) groups excluding carboxylic acids is 1. The molecule has 1 aromatic carbocycles. The molecule has 0 spiro atoms. The number of nitrogens with zero attached hydrogens (tertiary/aromatic N) is 1. The van der Waals surface area contributed by atoms with Crippen molar-refractivity contribution in [3.63, 3.8) is 0 Å². The number of carbonyl (C=O) groups is 1. The van der Waals surface area contributed by atoms with E-state index in [1.807, 2.05) is 13.0 Å². The molecule has 0 aliphatic carbocycles. The highest BCUT2D eigenvalue weighted by Gasteiger charge is 2.16. The molecule has 2 aromatic rings. The minimum atomic E-state index is 0.0152. The van der Waals surface area contributed by atoms with Gasteiger partial charge in [-0.05, 0) is 17.9 Å². The van der Waals surface area contributed by atoms with Crippen molar-refractivity contribution in [3.8, 4) is 0 Å². The van der Waals surface area contributed by atoms with Gasteiger partial charge in [0.25, 0.3) is 0 Å². The Labute approximate surface area is 136 Å². The number of hydrogen-bond donors (Lipinski definition) is 1. The molecule has 0 unspecified atom stereocenters. The Morgan fingerprint density at radius 1 is 1.23 bits per heavy atom. The van der Waals surface area contributed by atoms with Crippen molar-refractivity contribution < 1.29 is 4.79 Å². The lowest BCUT2D eigenvalue weighted by Crippen LogP contribution is -2.27. The van der Waals surface area contributed by atoms with Crippen molar-refractivity contribution >= 4 is 17.2 Å². The molecule has 1 heterocycles. The molecule has 22 heavy (non-hydrogen) atoms. The Balaban J connectivity index is 1.94. The molecule has 1 N–H and O–H groups in total. The summed E-state index contributed by atoms with van der Waals surface area (Å²) in [6, 6.07) is 10.4. The van der Waals surface area contributed by atoms with Crippen molar-refractivity contribution in [2.24, 2.45) is 5.41 Å². The first-order chi connectivity index (χ1) is 10.3. The summed E-state index contributed by atoms with van der Waals surface area (Å²) in [6.45, 7) is 8.76. The molecule has 4 heteroatoms. The molecular formula is C18H24N2OS. The highest BCUT2D eigenvalue weighted by Crippen LogP contribution is 2.22. The predicted molar refractivity (Wildman–Crippen MR) is 92.0 cm³/mol. The average molecular weight is 316 g/mol. The fraction of sp³-hybridized carbons (Fsp3) is 0.444. The number of aromatic nitrogens is 1. The van der Waals surface area contributed by atoms with E-state index in [4.69, 9.17) is 0 Å². The van der Waals surface area contributed by atoms with E-state index in [-0.39, 0.29) is 11.3 Å². The van der Waals surface area contributed by atoms with Gasteiger partial charge in [0.2, 0.25) is 5.91 Å². The lowest BCUT2D eigenvalue weighted by Gasteiger charge is -2.16. The zero-order chi connectivity index (χ0) is 16.2. The van der Waals surface area contributed by atoms with Gasteiger partial charge < -0.3 is 5.32 Å². The Kier molecular flexibility index (Phi) is 5.35. The van der Waals surface area contributed by atoms with E-state index in [9.17, 15) is 4.79 Å². The fourth-order valence-electron chi connectivity index (χ4n) is 2.23. The van der Waals surface area contributed by atoms with E-state index < -0.39 is 0 Å². The van der Waals surface area contributed by atoms with Crippen LogP contribution in [0.25, 0.3) is 0 Å². The molecule has 0 atom stereocenters. The molecule has 0 fully saturated rings. The molecular weight excluding hydrogens is 292 g/mol. The molecule has 0 aliphatic rings. The summed E-state index contributed by atoms with van der Waals surface area (Å²) >= 11 is 1.69. The Hall–Kier alpha value is -1.68.